The predicted octanol–water partition coefficient (Wildman–Crippen LogP) is 4.85. The predicted molar refractivity (Wildman–Crippen MR) is 97.3 cm³/mol. The minimum Gasteiger partial charge on any atom is -0.493 e. The van der Waals surface area contributed by atoms with Crippen molar-refractivity contribution in [2.75, 3.05) is 7.11 Å². The van der Waals surface area contributed by atoms with E-state index in [1.165, 1.54) is 32.1 Å². The fraction of sp³-hybridized carbons (Fsp3) is 0.429. The van der Waals surface area contributed by atoms with E-state index < -0.39 is 0 Å². The van der Waals surface area contributed by atoms with Gasteiger partial charge in [-0.2, -0.15) is 0 Å². The van der Waals surface area contributed by atoms with Crippen molar-refractivity contribution < 1.29 is 9.47 Å². The summed E-state index contributed by atoms with van der Waals surface area (Å²) in [7, 11) is 1.68. The van der Waals surface area contributed by atoms with Gasteiger partial charge in [0, 0.05) is 6.04 Å². The number of hydrogen-bond donors (Lipinski definition) is 1. The first kappa shape index (κ1) is 16.8. The molecule has 1 aliphatic rings. The Morgan fingerprint density at radius 3 is 2.46 bits per heavy atom. The molecule has 2 N–H and O–H groups in total. The molecular weight excluding hydrogens is 298 g/mol. The third-order valence-corrected chi connectivity index (χ3v) is 4.97. The summed E-state index contributed by atoms with van der Waals surface area (Å²) < 4.78 is 11.5. The van der Waals surface area contributed by atoms with E-state index in [9.17, 15) is 0 Å². The van der Waals surface area contributed by atoms with Gasteiger partial charge in [-0.15, -0.1) is 0 Å². The van der Waals surface area contributed by atoms with Gasteiger partial charge < -0.3 is 15.2 Å². The lowest BCUT2D eigenvalue weighted by Crippen LogP contribution is -2.23. The third-order valence-electron chi connectivity index (χ3n) is 4.97. The normalized spacial score (nSPS) is 16.6. The molecule has 3 heteroatoms. The summed E-state index contributed by atoms with van der Waals surface area (Å²) in [6, 6.07) is 16.3. The SMILES string of the molecule is COc1cc([C@@H](N)C2CCCCC2)ccc1OCc1ccccc1. The average Bonchev–Trinajstić information content (AvgIpc) is 2.67. The molecule has 0 unspecified atom stereocenters. The minimum atomic E-state index is 0.0855. The lowest BCUT2D eigenvalue weighted by Gasteiger charge is -2.28. The highest BCUT2D eigenvalue weighted by molar-refractivity contribution is 5.44. The van der Waals surface area contributed by atoms with Crippen LogP contribution in [-0.2, 0) is 6.61 Å². The van der Waals surface area contributed by atoms with Crippen LogP contribution in [0.2, 0.25) is 0 Å². The zero-order valence-corrected chi connectivity index (χ0v) is 14.4. The summed E-state index contributed by atoms with van der Waals surface area (Å²) in [6.45, 7) is 0.533. The Kier molecular flexibility index (Phi) is 5.76. The first-order valence-corrected chi connectivity index (χ1v) is 8.88. The highest BCUT2D eigenvalue weighted by Crippen LogP contribution is 2.36. The van der Waals surface area contributed by atoms with E-state index in [1.54, 1.807) is 7.11 Å². The Morgan fingerprint density at radius 2 is 1.75 bits per heavy atom. The number of benzene rings is 2. The maximum atomic E-state index is 6.51. The summed E-state index contributed by atoms with van der Waals surface area (Å²) in [5.41, 5.74) is 8.80. The molecule has 1 saturated carbocycles. The Hall–Kier alpha value is -2.00. The zero-order valence-electron chi connectivity index (χ0n) is 14.4. The molecule has 1 atom stereocenters. The number of ether oxygens (including phenoxy) is 2. The van der Waals surface area contributed by atoms with E-state index in [4.69, 9.17) is 15.2 Å². The van der Waals surface area contributed by atoms with Crippen molar-refractivity contribution in [1.29, 1.82) is 0 Å². The van der Waals surface area contributed by atoms with Crippen molar-refractivity contribution in [2.24, 2.45) is 11.7 Å². The van der Waals surface area contributed by atoms with E-state index in [0.717, 1.165) is 22.6 Å². The van der Waals surface area contributed by atoms with Gasteiger partial charge >= 0.3 is 0 Å². The molecule has 2 aromatic rings. The first-order valence-electron chi connectivity index (χ1n) is 8.88. The smallest absolute Gasteiger partial charge is 0.161 e. The van der Waals surface area contributed by atoms with Crippen LogP contribution < -0.4 is 15.2 Å². The van der Waals surface area contributed by atoms with Crippen LogP contribution in [0.15, 0.2) is 48.5 Å². The Labute approximate surface area is 144 Å². The molecule has 1 fully saturated rings. The Balaban J connectivity index is 1.70. The van der Waals surface area contributed by atoms with E-state index in [1.807, 2.05) is 30.3 Å². The molecule has 0 spiro atoms. The van der Waals surface area contributed by atoms with Crippen molar-refractivity contribution in [3.05, 3.63) is 59.7 Å². The van der Waals surface area contributed by atoms with Crippen molar-refractivity contribution >= 4 is 0 Å². The molecule has 3 rings (SSSR count). The molecule has 0 aromatic heterocycles. The largest absolute Gasteiger partial charge is 0.493 e. The number of methoxy groups -OCH3 is 1. The van der Waals surface area contributed by atoms with Crippen LogP contribution >= 0.6 is 0 Å². The average molecular weight is 325 g/mol. The molecule has 0 heterocycles. The summed E-state index contributed by atoms with van der Waals surface area (Å²) in [6.07, 6.45) is 6.41. The molecule has 3 nitrogen and oxygen atoms in total. The molecular formula is C21H27NO2. The fourth-order valence-corrected chi connectivity index (χ4v) is 3.51. The van der Waals surface area contributed by atoms with Gasteiger partial charge in [-0.3, -0.25) is 0 Å². The minimum absolute atomic E-state index is 0.0855. The van der Waals surface area contributed by atoms with Gasteiger partial charge in [0.1, 0.15) is 6.61 Å². The summed E-state index contributed by atoms with van der Waals surface area (Å²) in [5.74, 6) is 2.11. The van der Waals surface area contributed by atoms with Crippen molar-refractivity contribution in [3.63, 3.8) is 0 Å². The van der Waals surface area contributed by atoms with Gasteiger partial charge in [0.15, 0.2) is 11.5 Å². The van der Waals surface area contributed by atoms with Crippen LogP contribution in [0.5, 0.6) is 11.5 Å². The maximum Gasteiger partial charge on any atom is 0.161 e. The highest BCUT2D eigenvalue weighted by atomic mass is 16.5. The van der Waals surface area contributed by atoms with Gasteiger partial charge in [0.2, 0.25) is 0 Å². The summed E-state index contributed by atoms with van der Waals surface area (Å²) >= 11 is 0. The second-order valence-electron chi connectivity index (χ2n) is 6.61. The number of nitrogens with two attached hydrogens (primary N) is 1. The monoisotopic (exact) mass is 325 g/mol. The lowest BCUT2D eigenvalue weighted by molar-refractivity contribution is 0.282. The van der Waals surface area contributed by atoms with Crippen LogP contribution in [0.3, 0.4) is 0 Å². The van der Waals surface area contributed by atoms with Crippen LogP contribution in [0.25, 0.3) is 0 Å². The maximum absolute atomic E-state index is 6.51. The number of rotatable bonds is 6. The summed E-state index contributed by atoms with van der Waals surface area (Å²) in [4.78, 5) is 0. The molecule has 24 heavy (non-hydrogen) atoms. The molecule has 1 aliphatic carbocycles. The van der Waals surface area contributed by atoms with Crippen LogP contribution in [0.1, 0.15) is 49.3 Å². The van der Waals surface area contributed by atoms with Gasteiger partial charge in [0.05, 0.1) is 7.11 Å². The fourth-order valence-electron chi connectivity index (χ4n) is 3.51. The third kappa shape index (κ3) is 4.09. The molecule has 2 aromatic carbocycles. The molecule has 0 radical (unpaired) electrons. The van der Waals surface area contributed by atoms with E-state index >= 15 is 0 Å². The number of hydrogen-bond acceptors (Lipinski definition) is 3. The van der Waals surface area contributed by atoms with Crippen LogP contribution in [0.4, 0.5) is 0 Å². The molecule has 0 saturated heterocycles. The molecule has 0 amide bonds. The Morgan fingerprint density at radius 1 is 1.00 bits per heavy atom. The van der Waals surface area contributed by atoms with E-state index in [0.29, 0.717) is 12.5 Å². The van der Waals surface area contributed by atoms with Crippen LogP contribution in [0, 0.1) is 5.92 Å². The highest BCUT2D eigenvalue weighted by Gasteiger charge is 2.22. The molecule has 128 valence electrons. The van der Waals surface area contributed by atoms with E-state index in [2.05, 4.69) is 18.2 Å². The Bertz CT molecular complexity index is 636. The second kappa shape index (κ2) is 8.20. The molecule has 0 aliphatic heterocycles. The van der Waals surface area contributed by atoms with Gasteiger partial charge in [-0.05, 0) is 42.0 Å². The zero-order chi connectivity index (χ0) is 16.8. The van der Waals surface area contributed by atoms with E-state index in [-0.39, 0.29) is 6.04 Å². The van der Waals surface area contributed by atoms with Gasteiger partial charge in [-0.25, -0.2) is 0 Å². The lowest BCUT2D eigenvalue weighted by atomic mass is 9.81. The summed E-state index contributed by atoms with van der Waals surface area (Å²) in [5, 5.41) is 0. The topological polar surface area (TPSA) is 44.5 Å². The van der Waals surface area contributed by atoms with Crippen molar-refractivity contribution in [1.82, 2.24) is 0 Å². The van der Waals surface area contributed by atoms with Gasteiger partial charge in [-0.1, -0.05) is 55.7 Å². The van der Waals surface area contributed by atoms with Crippen LogP contribution in [-0.4, -0.2) is 7.11 Å². The first-order chi connectivity index (χ1) is 11.8. The van der Waals surface area contributed by atoms with Crippen molar-refractivity contribution in [2.45, 2.75) is 44.8 Å². The second-order valence-corrected chi connectivity index (χ2v) is 6.61. The molecule has 0 bridgehead atoms. The quantitative estimate of drug-likeness (QED) is 0.825. The standard InChI is InChI=1S/C21H27NO2/c1-23-20-14-18(21(22)17-10-6-3-7-11-17)12-13-19(20)24-15-16-8-4-2-5-9-16/h2,4-5,8-9,12-14,17,21H,3,6-7,10-11,15,22H2,1H3/t21-/m0/s1. The van der Waals surface area contributed by atoms with Crippen molar-refractivity contribution in [3.8, 4) is 11.5 Å². The van der Waals surface area contributed by atoms with Gasteiger partial charge in [0.25, 0.3) is 0 Å².